The van der Waals surface area contributed by atoms with Gasteiger partial charge in [-0.05, 0) is 25.7 Å². The molecule has 0 aromatic carbocycles. The second kappa shape index (κ2) is 14.1. The van der Waals surface area contributed by atoms with Gasteiger partial charge in [0.05, 0.1) is 42.9 Å². The van der Waals surface area contributed by atoms with E-state index in [4.69, 9.17) is 10.5 Å². The Balaban J connectivity index is 1.04. The Labute approximate surface area is 280 Å². The van der Waals surface area contributed by atoms with Crippen molar-refractivity contribution in [2.24, 2.45) is 5.92 Å². The number of piperazine rings is 1. The molecule has 1 atom stereocenters. The van der Waals surface area contributed by atoms with Gasteiger partial charge in [-0.3, -0.25) is 19.5 Å². The Morgan fingerprint density at radius 3 is 2.27 bits per heavy atom. The zero-order valence-electron chi connectivity index (χ0n) is 27.8. The van der Waals surface area contributed by atoms with Gasteiger partial charge >= 0.3 is 0 Å². The third-order valence-electron chi connectivity index (χ3n) is 11.4. The van der Waals surface area contributed by atoms with Crippen molar-refractivity contribution < 1.29 is 23.1 Å². The van der Waals surface area contributed by atoms with E-state index in [0.29, 0.717) is 63.7 Å². The molecular weight excluding hydrogens is 620 g/mol. The molecule has 4 fully saturated rings. The lowest BCUT2D eigenvalue weighted by Gasteiger charge is -2.43. The van der Waals surface area contributed by atoms with Crippen LogP contribution in [0.3, 0.4) is 0 Å². The fourth-order valence-electron chi connectivity index (χ4n) is 8.43. The number of nitrogens with one attached hydrogen (secondary N) is 2. The second-order valence-corrected chi connectivity index (χ2v) is 14.2. The summed E-state index contributed by atoms with van der Waals surface area (Å²) in [6.07, 6.45) is 11.2. The van der Waals surface area contributed by atoms with Crippen molar-refractivity contribution >= 4 is 34.8 Å². The number of halogens is 2. The van der Waals surface area contributed by atoms with E-state index in [9.17, 15) is 9.59 Å². The number of hydrogen-bond donors (Lipinski definition) is 3. The number of hydrogen-bond acceptors (Lipinski definition) is 9. The molecule has 0 bridgehead atoms. The molecule has 12 nitrogen and oxygen atoms in total. The number of nitrogens with zero attached hydrogens (tertiary/aromatic N) is 6. The van der Waals surface area contributed by atoms with Gasteiger partial charge in [0.2, 0.25) is 5.91 Å². The zero-order valence-corrected chi connectivity index (χ0v) is 27.8. The molecule has 14 heteroatoms. The number of piperidine rings is 1. The first kappa shape index (κ1) is 33.0. The van der Waals surface area contributed by atoms with E-state index in [2.05, 4.69) is 25.6 Å². The largest absolute Gasteiger partial charge is 0.381 e. The lowest BCUT2D eigenvalue weighted by molar-refractivity contribution is -0.140. The number of alkyl halides is 1. The minimum absolute atomic E-state index is 0.00709. The average molecular weight is 670 g/mol. The summed E-state index contributed by atoms with van der Waals surface area (Å²) in [4.78, 5) is 37.5. The number of nitrogen functional groups attached to an aromatic ring is 1. The summed E-state index contributed by atoms with van der Waals surface area (Å²) in [7, 11) is 0. The quantitative estimate of drug-likeness (QED) is 0.432. The molecule has 6 heterocycles. The van der Waals surface area contributed by atoms with Crippen molar-refractivity contribution in [3.63, 3.8) is 0 Å². The molecule has 262 valence electrons. The Kier molecular flexibility index (Phi) is 9.72. The summed E-state index contributed by atoms with van der Waals surface area (Å²) in [5.74, 6) is -0.657. The molecule has 0 radical (unpaired) electrons. The minimum atomic E-state index is -1.17. The lowest BCUT2D eigenvalue weighted by Crippen LogP contribution is -2.58. The van der Waals surface area contributed by atoms with Crippen molar-refractivity contribution in [2.45, 2.75) is 88.4 Å². The highest BCUT2D eigenvalue weighted by Crippen LogP contribution is 2.44. The number of carbonyl (C=O) groups excluding carboxylic acids is 2. The van der Waals surface area contributed by atoms with Crippen LogP contribution >= 0.6 is 0 Å². The summed E-state index contributed by atoms with van der Waals surface area (Å²) in [5, 5.41) is 10.5. The van der Waals surface area contributed by atoms with Crippen molar-refractivity contribution in [1.29, 1.82) is 0 Å². The molecule has 2 aromatic heterocycles. The molecule has 1 saturated carbocycles. The Hall–Kier alpha value is -3.52. The van der Waals surface area contributed by atoms with Crippen LogP contribution in [0, 0.1) is 11.7 Å². The smallest absolute Gasteiger partial charge is 0.263 e. The van der Waals surface area contributed by atoms with Gasteiger partial charge in [-0.15, -0.1) is 0 Å². The zero-order chi connectivity index (χ0) is 33.3. The van der Waals surface area contributed by atoms with Gasteiger partial charge in [0.15, 0.2) is 11.6 Å². The highest BCUT2D eigenvalue weighted by Gasteiger charge is 2.47. The fourth-order valence-corrected chi connectivity index (χ4v) is 8.43. The predicted octanol–water partition coefficient (Wildman–Crippen LogP) is 3.99. The van der Waals surface area contributed by atoms with Crippen molar-refractivity contribution in [1.82, 2.24) is 24.6 Å². The number of rotatable bonds is 5. The topological polar surface area (TPSA) is 134 Å². The van der Waals surface area contributed by atoms with Crippen molar-refractivity contribution in [3.8, 4) is 0 Å². The first-order valence-electron chi connectivity index (χ1n) is 17.9. The number of pyridine rings is 1. The van der Waals surface area contributed by atoms with E-state index < -0.39 is 23.4 Å². The lowest BCUT2D eigenvalue weighted by atomic mass is 9.80. The maximum atomic E-state index is 15.8. The van der Waals surface area contributed by atoms with Crippen molar-refractivity contribution in [2.75, 3.05) is 80.3 Å². The van der Waals surface area contributed by atoms with Crippen LogP contribution in [0.4, 0.5) is 31.8 Å². The summed E-state index contributed by atoms with van der Waals surface area (Å²) < 4.78 is 38.2. The standard InChI is InChI=1S/C34H49F2N9O3/c35-25-18-38-19-26(29(25)43-12-8-23(9-13-43)33(47)44-16-14-42(15-17-44)24-21-48-22-24)40-32(46)28-30(37)41-45-31(28)39-20-27(36)34(45)10-6-4-2-1-3-5-7-11-34/h18-19,23-24,27,39H,1-17,20-22H2,(H2,37,41)(H,40,46). The Morgan fingerprint density at radius 1 is 0.958 bits per heavy atom. The molecule has 7 rings (SSSR count). The summed E-state index contributed by atoms with van der Waals surface area (Å²) in [6, 6.07) is 0.474. The number of aromatic nitrogens is 3. The number of amides is 2. The van der Waals surface area contributed by atoms with E-state index in [1.807, 2.05) is 9.80 Å². The van der Waals surface area contributed by atoms with Gasteiger partial charge in [-0.25, -0.2) is 13.5 Å². The molecule has 2 amide bonds. The third kappa shape index (κ3) is 6.33. The van der Waals surface area contributed by atoms with Crippen LogP contribution in [-0.2, 0) is 15.1 Å². The number of fused-ring (bicyclic) bond motifs is 2. The summed E-state index contributed by atoms with van der Waals surface area (Å²) in [6.45, 7) is 5.70. The number of anilines is 4. The van der Waals surface area contributed by atoms with Crippen LogP contribution in [0.5, 0.6) is 0 Å². The van der Waals surface area contributed by atoms with Crippen LogP contribution in [-0.4, -0.2) is 108 Å². The molecule has 4 aliphatic heterocycles. The first-order valence-corrected chi connectivity index (χ1v) is 17.9. The molecule has 1 unspecified atom stereocenters. The summed E-state index contributed by atoms with van der Waals surface area (Å²) >= 11 is 0. The van der Waals surface area contributed by atoms with Gasteiger partial charge in [0.1, 0.15) is 23.2 Å². The highest BCUT2D eigenvalue weighted by atomic mass is 19.1. The SMILES string of the molecule is Nc1nn2c(c1C(=O)Nc1cncc(F)c1N1CCC(C(=O)N3CCN(C4COC4)CC3)CC1)NCC(F)C21CCCCCCCCC1. The maximum absolute atomic E-state index is 15.8. The van der Waals surface area contributed by atoms with Crippen LogP contribution in [0.15, 0.2) is 12.4 Å². The van der Waals surface area contributed by atoms with E-state index in [0.717, 1.165) is 71.0 Å². The van der Waals surface area contributed by atoms with Crippen molar-refractivity contribution in [3.05, 3.63) is 23.8 Å². The third-order valence-corrected chi connectivity index (χ3v) is 11.4. The number of ether oxygens (including phenoxy) is 1. The molecule has 4 N–H and O–H groups in total. The molecule has 2 aromatic rings. The molecule has 48 heavy (non-hydrogen) atoms. The van der Waals surface area contributed by atoms with Crippen LogP contribution in [0.2, 0.25) is 0 Å². The fraction of sp³-hybridized carbons (Fsp3) is 0.706. The van der Waals surface area contributed by atoms with Crippen LogP contribution < -0.4 is 21.3 Å². The van der Waals surface area contributed by atoms with Crippen LogP contribution in [0.1, 0.15) is 81.0 Å². The van der Waals surface area contributed by atoms with Gasteiger partial charge in [-0.1, -0.05) is 44.9 Å². The summed E-state index contributed by atoms with van der Waals surface area (Å²) in [5.41, 5.74) is 6.10. The van der Waals surface area contributed by atoms with E-state index in [1.165, 1.54) is 12.6 Å². The number of nitrogens with two attached hydrogens (primary N) is 1. The monoisotopic (exact) mass is 669 g/mol. The van der Waals surface area contributed by atoms with E-state index in [1.54, 1.807) is 4.68 Å². The molecule has 1 spiro atoms. The Bertz CT molecular complexity index is 1460. The molecular formula is C34H49F2N9O3. The average Bonchev–Trinajstić information content (AvgIpc) is 3.42. The molecule has 1 aliphatic carbocycles. The van der Waals surface area contributed by atoms with E-state index in [-0.39, 0.29) is 41.1 Å². The Morgan fingerprint density at radius 2 is 1.62 bits per heavy atom. The molecule has 3 saturated heterocycles. The highest BCUT2D eigenvalue weighted by molar-refractivity contribution is 6.12. The normalized spacial score (nSPS) is 24.4. The van der Waals surface area contributed by atoms with Gasteiger partial charge in [0.25, 0.3) is 5.91 Å². The molecule has 5 aliphatic rings. The van der Waals surface area contributed by atoms with Gasteiger partial charge in [0, 0.05) is 51.7 Å². The van der Waals surface area contributed by atoms with Gasteiger partial charge in [-0.2, -0.15) is 5.10 Å². The minimum Gasteiger partial charge on any atom is -0.381 e. The van der Waals surface area contributed by atoms with Crippen LogP contribution in [0.25, 0.3) is 0 Å². The maximum Gasteiger partial charge on any atom is 0.263 e. The van der Waals surface area contributed by atoms with Gasteiger partial charge < -0.3 is 30.9 Å². The number of carbonyl (C=O) groups is 2. The first-order chi connectivity index (χ1) is 23.4. The predicted molar refractivity (Wildman–Crippen MR) is 179 cm³/mol. The van der Waals surface area contributed by atoms with E-state index >= 15 is 8.78 Å². The second-order valence-electron chi connectivity index (χ2n) is 14.2.